The molecule has 1 aromatic heterocycles. The normalized spacial score (nSPS) is 10.5. The van der Waals surface area contributed by atoms with Gasteiger partial charge in [0.2, 0.25) is 0 Å². The van der Waals surface area contributed by atoms with E-state index in [1.165, 1.54) is 0 Å². The Morgan fingerprint density at radius 2 is 1.89 bits per heavy atom. The van der Waals surface area contributed by atoms with Crippen molar-refractivity contribution in [3.05, 3.63) is 44.2 Å². The first kappa shape index (κ1) is 13.6. The molecule has 1 N–H and O–H groups in total. The topological polar surface area (TPSA) is 37.8 Å². The summed E-state index contributed by atoms with van der Waals surface area (Å²) in [5.41, 5.74) is 1.56. The molecule has 1 aromatic carbocycles. The largest absolute Gasteiger partial charge is 0.339 e. The van der Waals surface area contributed by atoms with E-state index in [9.17, 15) is 0 Å². The molecule has 6 heteroatoms. The Morgan fingerprint density at radius 3 is 2.61 bits per heavy atom. The van der Waals surface area contributed by atoms with Gasteiger partial charge in [0.05, 0.1) is 10.7 Å². The van der Waals surface area contributed by atoms with Gasteiger partial charge in [-0.1, -0.05) is 39.1 Å². The number of aromatic nitrogens is 2. The fraction of sp³-hybridized carbons (Fsp3) is 0.167. The maximum Gasteiger partial charge on any atom is 0.138 e. The summed E-state index contributed by atoms with van der Waals surface area (Å²) < 4.78 is 0.934. The summed E-state index contributed by atoms with van der Waals surface area (Å²) in [6.07, 6.45) is 0. The lowest BCUT2D eigenvalue weighted by molar-refractivity contribution is 1.04. The standard InChI is InChI=1S/C12H10BrCl2N3/c1-6-11(15)16-7(2)17-12(6)18-10-5-8(13)3-4-9(10)14/h3-5H,1-2H3,(H,16,17,18). The van der Waals surface area contributed by atoms with Gasteiger partial charge >= 0.3 is 0 Å². The zero-order valence-corrected chi connectivity index (χ0v) is 12.9. The lowest BCUT2D eigenvalue weighted by Gasteiger charge is -2.11. The number of hydrogen-bond donors (Lipinski definition) is 1. The molecule has 0 atom stereocenters. The van der Waals surface area contributed by atoms with Crippen LogP contribution in [-0.2, 0) is 0 Å². The van der Waals surface area contributed by atoms with Gasteiger partial charge in [0.15, 0.2) is 0 Å². The number of halogens is 3. The van der Waals surface area contributed by atoms with Crippen molar-refractivity contribution >= 4 is 50.6 Å². The quantitative estimate of drug-likeness (QED) is 0.785. The molecule has 0 aliphatic rings. The van der Waals surface area contributed by atoms with E-state index in [0.717, 1.165) is 15.7 Å². The minimum Gasteiger partial charge on any atom is -0.339 e. The third-order valence-corrected chi connectivity index (χ3v) is 3.57. The summed E-state index contributed by atoms with van der Waals surface area (Å²) in [5.74, 6) is 1.27. The molecule has 0 aliphatic heterocycles. The van der Waals surface area contributed by atoms with Crippen LogP contribution >= 0.6 is 39.1 Å². The van der Waals surface area contributed by atoms with Gasteiger partial charge in [-0.25, -0.2) is 9.97 Å². The van der Waals surface area contributed by atoms with E-state index in [1.54, 1.807) is 13.0 Å². The van der Waals surface area contributed by atoms with Crippen LogP contribution < -0.4 is 5.32 Å². The Labute approximate surface area is 124 Å². The van der Waals surface area contributed by atoms with Crippen molar-refractivity contribution in [1.29, 1.82) is 0 Å². The van der Waals surface area contributed by atoms with Crippen molar-refractivity contribution in [3.63, 3.8) is 0 Å². The van der Waals surface area contributed by atoms with Gasteiger partial charge in [-0.3, -0.25) is 0 Å². The molecule has 2 rings (SSSR count). The molecule has 0 bridgehead atoms. The molecule has 2 aromatic rings. The van der Waals surface area contributed by atoms with E-state index in [1.807, 2.05) is 19.1 Å². The maximum absolute atomic E-state index is 6.12. The first-order chi connectivity index (χ1) is 8.47. The van der Waals surface area contributed by atoms with Gasteiger partial charge in [0, 0.05) is 10.0 Å². The molecule has 0 amide bonds. The first-order valence-corrected chi connectivity index (χ1v) is 6.75. The Hall–Kier alpha value is -0.840. The Morgan fingerprint density at radius 1 is 1.17 bits per heavy atom. The molecule has 0 aliphatic carbocycles. The Bertz CT molecular complexity index is 602. The molecule has 0 saturated heterocycles. The predicted octanol–water partition coefficient (Wildman–Crippen LogP) is 4.91. The number of aryl methyl sites for hydroxylation is 1. The zero-order valence-electron chi connectivity index (χ0n) is 9.76. The van der Waals surface area contributed by atoms with Gasteiger partial charge in [-0.05, 0) is 32.0 Å². The highest BCUT2D eigenvalue weighted by Crippen LogP contribution is 2.30. The van der Waals surface area contributed by atoms with Crippen molar-refractivity contribution in [3.8, 4) is 0 Å². The van der Waals surface area contributed by atoms with Crippen LogP contribution in [0.25, 0.3) is 0 Å². The number of nitrogens with zero attached hydrogens (tertiary/aromatic N) is 2. The highest BCUT2D eigenvalue weighted by molar-refractivity contribution is 9.10. The molecule has 1 heterocycles. The number of anilines is 2. The fourth-order valence-corrected chi connectivity index (χ4v) is 2.17. The van der Waals surface area contributed by atoms with Gasteiger partial charge in [-0.2, -0.15) is 0 Å². The second-order valence-electron chi connectivity index (χ2n) is 3.78. The Balaban J connectivity index is 2.43. The third kappa shape index (κ3) is 2.94. The SMILES string of the molecule is Cc1nc(Cl)c(C)c(Nc2cc(Br)ccc2Cl)n1. The van der Waals surface area contributed by atoms with E-state index >= 15 is 0 Å². The van der Waals surface area contributed by atoms with E-state index in [-0.39, 0.29) is 0 Å². The van der Waals surface area contributed by atoms with Crippen LogP contribution in [0.4, 0.5) is 11.5 Å². The first-order valence-electron chi connectivity index (χ1n) is 5.20. The van der Waals surface area contributed by atoms with Crippen molar-refractivity contribution in [1.82, 2.24) is 9.97 Å². The van der Waals surface area contributed by atoms with Crippen LogP contribution in [0.15, 0.2) is 22.7 Å². The summed E-state index contributed by atoms with van der Waals surface area (Å²) in [4.78, 5) is 8.41. The van der Waals surface area contributed by atoms with Crippen LogP contribution in [-0.4, -0.2) is 9.97 Å². The summed E-state index contributed by atoms with van der Waals surface area (Å²) in [6, 6.07) is 5.56. The minimum atomic E-state index is 0.441. The second-order valence-corrected chi connectivity index (χ2v) is 5.47. The number of nitrogens with one attached hydrogen (secondary N) is 1. The van der Waals surface area contributed by atoms with E-state index in [0.29, 0.717) is 21.8 Å². The van der Waals surface area contributed by atoms with E-state index in [2.05, 4.69) is 31.2 Å². The average molecular weight is 347 g/mol. The van der Waals surface area contributed by atoms with Crippen LogP contribution in [0.5, 0.6) is 0 Å². The van der Waals surface area contributed by atoms with E-state index in [4.69, 9.17) is 23.2 Å². The Kier molecular flexibility index (Phi) is 4.10. The van der Waals surface area contributed by atoms with Crippen LogP contribution in [0.1, 0.15) is 11.4 Å². The van der Waals surface area contributed by atoms with Crippen LogP contribution in [0.3, 0.4) is 0 Å². The van der Waals surface area contributed by atoms with Crippen LogP contribution in [0, 0.1) is 13.8 Å². The highest BCUT2D eigenvalue weighted by atomic mass is 79.9. The molecule has 0 radical (unpaired) electrons. The maximum atomic E-state index is 6.12. The van der Waals surface area contributed by atoms with Crippen molar-refractivity contribution < 1.29 is 0 Å². The van der Waals surface area contributed by atoms with Crippen LogP contribution in [0.2, 0.25) is 10.2 Å². The molecule has 0 fully saturated rings. The zero-order chi connectivity index (χ0) is 13.3. The minimum absolute atomic E-state index is 0.441. The molecule has 0 unspecified atom stereocenters. The van der Waals surface area contributed by atoms with Gasteiger partial charge < -0.3 is 5.32 Å². The van der Waals surface area contributed by atoms with Gasteiger partial charge in [-0.15, -0.1) is 0 Å². The fourth-order valence-electron chi connectivity index (χ4n) is 1.44. The highest BCUT2D eigenvalue weighted by Gasteiger charge is 2.09. The lowest BCUT2D eigenvalue weighted by Crippen LogP contribution is -2.01. The number of hydrogen-bond acceptors (Lipinski definition) is 3. The molecule has 0 spiro atoms. The lowest BCUT2D eigenvalue weighted by atomic mass is 10.3. The molecule has 0 saturated carbocycles. The molecule has 3 nitrogen and oxygen atoms in total. The molecule has 94 valence electrons. The second kappa shape index (κ2) is 5.43. The predicted molar refractivity (Wildman–Crippen MR) is 79.0 cm³/mol. The number of rotatable bonds is 2. The van der Waals surface area contributed by atoms with Gasteiger partial charge in [0.25, 0.3) is 0 Å². The van der Waals surface area contributed by atoms with E-state index < -0.39 is 0 Å². The number of benzene rings is 1. The molecular formula is C12H10BrCl2N3. The smallest absolute Gasteiger partial charge is 0.138 e. The average Bonchev–Trinajstić information content (AvgIpc) is 2.30. The monoisotopic (exact) mass is 345 g/mol. The molecule has 18 heavy (non-hydrogen) atoms. The summed E-state index contributed by atoms with van der Waals surface area (Å²) in [7, 11) is 0. The summed E-state index contributed by atoms with van der Waals surface area (Å²) in [5, 5.41) is 4.22. The third-order valence-electron chi connectivity index (χ3n) is 2.38. The van der Waals surface area contributed by atoms with Crippen molar-refractivity contribution in [2.75, 3.05) is 5.32 Å². The summed E-state index contributed by atoms with van der Waals surface area (Å²) >= 11 is 15.5. The van der Waals surface area contributed by atoms with Gasteiger partial charge in [0.1, 0.15) is 16.8 Å². The van der Waals surface area contributed by atoms with Crippen molar-refractivity contribution in [2.45, 2.75) is 13.8 Å². The summed E-state index contributed by atoms with van der Waals surface area (Å²) in [6.45, 7) is 3.65. The van der Waals surface area contributed by atoms with Crippen molar-refractivity contribution in [2.24, 2.45) is 0 Å². The molecular weight excluding hydrogens is 337 g/mol.